The van der Waals surface area contributed by atoms with Crippen LogP contribution in [0.2, 0.25) is 5.02 Å². The van der Waals surface area contributed by atoms with Crippen LogP contribution in [-0.4, -0.2) is 53.4 Å². The van der Waals surface area contributed by atoms with E-state index in [1.807, 2.05) is 12.1 Å². The number of allylic oxidation sites excluding steroid dienone is 1. The molecule has 214 valence electrons. The van der Waals surface area contributed by atoms with Gasteiger partial charge in [0.15, 0.2) is 5.75 Å². The molecule has 1 aliphatic rings. The topological polar surface area (TPSA) is 68.5 Å². The SMILES string of the molecule is C/C=C\c1cc(CN2CCC(CN[N+](C)(O)S)CC2)ccc1C.CCCc1cc(Cl)c(OCCCl)c(C#N)c1. The quantitative estimate of drug-likeness (QED) is 0.111. The number of halogens is 2. The number of nitrogens with one attached hydrogen (secondary N) is 1. The number of nitrogens with zero attached hydrogens (tertiary/aromatic N) is 3. The van der Waals surface area contributed by atoms with Gasteiger partial charge in [-0.25, -0.2) is 0 Å². The second-order valence-corrected chi connectivity index (χ2v) is 11.6. The van der Waals surface area contributed by atoms with Crippen LogP contribution < -0.4 is 10.2 Å². The molecule has 2 aromatic carbocycles. The van der Waals surface area contributed by atoms with Crippen LogP contribution in [-0.2, 0) is 13.0 Å². The van der Waals surface area contributed by atoms with Gasteiger partial charge in [-0.15, -0.1) is 17.0 Å². The fourth-order valence-electron chi connectivity index (χ4n) is 4.51. The molecule has 39 heavy (non-hydrogen) atoms. The number of quaternary nitrogens is 1. The molecule has 1 aliphatic heterocycles. The van der Waals surface area contributed by atoms with Gasteiger partial charge in [0.25, 0.3) is 0 Å². The van der Waals surface area contributed by atoms with E-state index in [1.54, 1.807) is 7.05 Å². The average Bonchev–Trinajstić information content (AvgIpc) is 2.89. The summed E-state index contributed by atoms with van der Waals surface area (Å²) < 4.78 is 4.89. The lowest BCUT2D eigenvalue weighted by Crippen LogP contribution is -2.47. The third-order valence-corrected chi connectivity index (χ3v) is 7.15. The maximum atomic E-state index is 9.56. The summed E-state index contributed by atoms with van der Waals surface area (Å²) >= 11 is 15.6. The summed E-state index contributed by atoms with van der Waals surface area (Å²) in [5.74, 6) is 1.42. The Morgan fingerprint density at radius 2 is 1.97 bits per heavy atom. The van der Waals surface area contributed by atoms with Crippen LogP contribution in [0.25, 0.3) is 6.08 Å². The van der Waals surface area contributed by atoms with Gasteiger partial charge in [0.1, 0.15) is 32.5 Å². The van der Waals surface area contributed by atoms with Gasteiger partial charge in [-0.3, -0.25) is 4.90 Å². The van der Waals surface area contributed by atoms with Gasteiger partial charge in [0.2, 0.25) is 0 Å². The van der Waals surface area contributed by atoms with Gasteiger partial charge < -0.3 is 4.74 Å². The summed E-state index contributed by atoms with van der Waals surface area (Å²) in [6.45, 7) is 10.7. The Hall–Kier alpha value is -1.76. The first kappa shape index (κ1) is 33.4. The molecule has 0 saturated carbocycles. The molecule has 2 N–H and O–H groups in total. The zero-order valence-corrected chi connectivity index (χ0v) is 26.0. The zero-order valence-electron chi connectivity index (χ0n) is 23.6. The molecule has 1 atom stereocenters. The monoisotopic (exact) mass is 593 g/mol. The van der Waals surface area contributed by atoms with Crippen molar-refractivity contribution in [3.05, 3.63) is 69.2 Å². The lowest BCUT2D eigenvalue weighted by molar-refractivity contribution is -1.01. The fraction of sp³-hybridized carbons (Fsp3) is 0.500. The molecule has 2 aromatic rings. The minimum Gasteiger partial charge on any atom is -0.489 e. The molecule has 0 amide bonds. The van der Waals surface area contributed by atoms with Crippen LogP contribution >= 0.6 is 36.0 Å². The lowest BCUT2D eigenvalue weighted by atomic mass is 9.96. The largest absolute Gasteiger partial charge is 0.489 e. The summed E-state index contributed by atoms with van der Waals surface area (Å²) in [7, 11) is 1.61. The molecule has 0 radical (unpaired) electrons. The first-order chi connectivity index (χ1) is 18.6. The van der Waals surface area contributed by atoms with E-state index >= 15 is 0 Å². The molecule has 0 bridgehead atoms. The number of likely N-dealkylation sites (tertiary alicyclic amines) is 1. The minimum absolute atomic E-state index is 0.350. The number of thiol groups is 1. The molecular formula is C30H43Cl2N4O2S+. The van der Waals surface area contributed by atoms with E-state index in [-0.39, 0.29) is 0 Å². The van der Waals surface area contributed by atoms with Crippen molar-refractivity contribution < 1.29 is 14.1 Å². The first-order valence-electron chi connectivity index (χ1n) is 13.5. The Morgan fingerprint density at radius 1 is 1.26 bits per heavy atom. The van der Waals surface area contributed by atoms with Crippen molar-refractivity contribution in [2.45, 2.75) is 53.0 Å². The molecule has 1 saturated heterocycles. The summed E-state index contributed by atoms with van der Waals surface area (Å²) in [4.78, 5) is 2.52. The number of ether oxygens (including phenoxy) is 1. The maximum Gasteiger partial charge on any atom is 0.155 e. The van der Waals surface area contributed by atoms with Gasteiger partial charge in [-0.2, -0.15) is 10.5 Å². The third kappa shape index (κ3) is 12.1. The molecule has 6 nitrogen and oxygen atoms in total. The Morgan fingerprint density at radius 3 is 2.56 bits per heavy atom. The van der Waals surface area contributed by atoms with E-state index in [9.17, 15) is 5.21 Å². The third-order valence-electron chi connectivity index (χ3n) is 6.57. The molecule has 0 spiro atoms. The summed E-state index contributed by atoms with van der Waals surface area (Å²) in [5, 5.41) is 19.1. The zero-order chi connectivity index (χ0) is 28.8. The second kappa shape index (κ2) is 17.1. The number of rotatable bonds is 11. The van der Waals surface area contributed by atoms with Crippen LogP contribution in [0.1, 0.15) is 60.9 Å². The predicted octanol–water partition coefficient (Wildman–Crippen LogP) is 7.21. The number of hydrogen-bond acceptors (Lipinski definition) is 6. The van der Waals surface area contributed by atoms with Crippen LogP contribution in [0, 0.1) is 24.2 Å². The van der Waals surface area contributed by atoms with E-state index in [4.69, 9.17) is 33.2 Å². The van der Waals surface area contributed by atoms with E-state index in [0.29, 0.717) is 34.7 Å². The van der Waals surface area contributed by atoms with Gasteiger partial charge in [-0.05, 0) is 86.5 Å². The highest BCUT2D eigenvalue weighted by atomic mass is 35.5. The molecule has 3 rings (SSSR count). The number of alkyl halides is 1. The van der Waals surface area contributed by atoms with Crippen molar-refractivity contribution >= 4 is 42.1 Å². The molecular weight excluding hydrogens is 551 g/mol. The standard InChI is InChI=1S/C18H30N3OS.C12H13Cl2NO/c1-4-5-18-12-17(7-6-15(18)2)14-20-10-8-16(9-11-20)13-19-21(3,22)23;1-2-3-9-6-10(8-15)12(11(14)7-9)16-5-4-13/h4-7,12,16,19,22-23H,8-11,13-14H2,1-3H3;6-7H,2-5H2,1H3/q+1;/b5-4-;. The van der Waals surface area contributed by atoms with E-state index in [2.05, 4.69) is 80.3 Å². The van der Waals surface area contributed by atoms with Crippen molar-refractivity contribution in [3.8, 4) is 11.8 Å². The van der Waals surface area contributed by atoms with Crippen LogP contribution in [0.3, 0.4) is 0 Å². The summed E-state index contributed by atoms with van der Waals surface area (Å²) in [6, 6.07) is 12.5. The number of aryl methyl sites for hydroxylation is 2. The number of nitriles is 1. The molecule has 1 unspecified atom stereocenters. The van der Waals surface area contributed by atoms with Crippen molar-refractivity contribution in [2.24, 2.45) is 5.92 Å². The second-order valence-electron chi connectivity index (χ2n) is 10.0. The maximum absolute atomic E-state index is 9.56. The van der Waals surface area contributed by atoms with Crippen molar-refractivity contribution in [2.75, 3.05) is 39.2 Å². The van der Waals surface area contributed by atoms with E-state index in [0.717, 1.165) is 57.4 Å². The van der Waals surface area contributed by atoms with Crippen LogP contribution in [0.5, 0.6) is 5.75 Å². The van der Waals surface area contributed by atoms with E-state index < -0.39 is 4.16 Å². The Labute approximate surface area is 250 Å². The van der Waals surface area contributed by atoms with Gasteiger partial charge in [0, 0.05) is 6.54 Å². The van der Waals surface area contributed by atoms with Crippen molar-refractivity contribution in [1.82, 2.24) is 10.3 Å². The van der Waals surface area contributed by atoms with Crippen LogP contribution in [0.15, 0.2) is 36.4 Å². The summed E-state index contributed by atoms with van der Waals surface area (Å²) in [5.41, 5.74) is 8.58. The molecule has 1 fully saturated rings. The van der Waals surface area contributed by atoms with Crippen molar-refractivity contribution in [3.63, 3.8) is 0 Å². The Bertz CT molecular complexity index is 1110. The number of hydrogen-bond donors (Lipinski definition) is 3. The average molecular weight is 595 g/mol. The Kier molecular flexibility index (Phi) is 14.7. The normalized spacial score (nSPS) is 15.9. The highest BCUT2D eigenvalue weighted by molar-refractivity contribution is 7.74. The predicted molar refractivity (Wildman–Crippen MR) is 165 cm³/mol. The summed E-state index contributed by atoms with van der Waals surface area (Å²) in [6.07, 6.45) is 8.52. The minimum atomic E-state index is -0.461. The van der Waals surface area contributed by atoms with E-state index in [1.165, 1.54) is 16.7 Å². The number of benzene rings is 2. The molecule has 1 heterocycles. The lowest BCUT2D eigenvalue weighted by Gasteiger charge is -2.32. The molecule has 0 aromatic heterocycles. The Balaban J connectivity index is 0.000000293. The van der Waals surface area contributed by atoms with Gasteiger partial charge >= 0.3 is 0 Å². The highest BCUT2D eigenvalue weighted by Gasteiger charge is 2.22. The number of piperidine rings is 1. The van der Waals surface area contributed by atoms with Gasteiger partial charge in [0.05, 0.1) is 23.0 Å². The van der Waals surface area contributed by atoms with Crippen LogP contribution in [0.4, 0.5) is 0 Å². The smallest absolute Gasteiger partial charge is 0.155 e. The molecule has 0 aliphatic carbocycles. The first-order valence-corrected chi connectivity index (χ1v) is 14.8. The number of hydroxylamine groups is 1. The van der Waals surface area contributed by atoms with Gasteiger partial charge in [-0.1, -0.05) is 59.5 Å². The van der Waals surface area contributed by atoms with Crippen molar-refractivity contribution in [1.29, 1.82) is 5.26 Å². The molecule has 9 heteroatoms. The fourth-order valence-corrected chi connectivity index (χ4v) is 4.96. The highest BCUT2D eigenvalue weighted by Crippen LogP contribution is 2.30.